The third-order valence-corrected chi connectivity index (χ3v) is 4.41. The number of aliphatic hydroxyl groups is 1. The number of halogens is 3. The molecule has 1 aliphatic heterocycles. The molecule has 23 heavy (non-hydrogen) atoms. The number of hydrogen-bond donors (Lipinski definition) is 1. The van der Waals surface area contributed by atoms with E-state index in [9.17, 15) is 23.1 Å². The van der Waals surface area contributed by atoms with Crippen LogP contribution in [-0.4, -0.2) is 45.9 Å². The molecule has 1 aromatic rings. The van der Waals surface area contributed by atoms with E-state index < -0.39 is 24.6 Å². The Morgan fingerprint density at radius 1 is 1.30 bits per heavy atom. The second-order valence-corrected chi connectivity index (χ2v) is 5.83. The molecule has 2 heterocycles. The molecule has 5 nitrogen and oxygen atoms in total. The molecule has 1 amide bonds. The van der Waals surface area contributed by atoms with Crippen LogP contribution in [0.15, 0.2) is 4.52 Å². The van der Waals surface area contributed by atoms with Crippen LogP contribution < -0.4 is 0 Å². The zero-order chi connectivity index (χ0) is 17.3. The number of hydrogen-bond acceptors (Lipinski definition) is 4. The predicted octanol–water partition coefficient (Wildman–Crippen LogP) is 2.26. The minimum absolute atomic E-state index is 0.0697. The minimum atomic E-state index is -4.67. The summed E-state index contributed by atoms with van der Waals surface area (Å²) in [4.78, 5) is 13.7. The van der Waals surface area contributed by atoms with E-state index in [0.29, 0.717) is 24.3 Å². The smallest absolute Gasteiger partial charge is 0.380 e. The Morgan fingerprint density at radius 3 is 2.39 bits per heavy atom. The van der Waals surface area contributed by atoms with Gasteiger partial charge in [0.1, 0.15) is 5.76 Å². The predicted molar refractivity (Wildman–Crippen MR) is 75.8 cm³/mol. The van der Waals surface area contributed by atoms with Crippen molar-refractivity contribution in [3.8, 4) is 0 Å². The summed E-state index contributed by atoms with van der Waals surface area (Å²) in [5.41, 5.74) is -1.25. The number of rotatable bonds is 4. The van der Waals surface area contributed by atoms with Gasteiger partial charge in [-0.2, -0.15) is 13.2 Å². The summed E-state index contributed by atoms with van der Waals surface area (Å²) in [6.45, 7) is 3.57. The average Bonchev–Trinajstić information content (AvgIpc) is 2.88. The first-order valence-electron chi connectivity index (χ1n) is 7.75. The van der Waals surface area contributed by atoms with Gasteiger partial charge < -0.3 is 14.5 Å². The van der Waals surface area contributed by atoms with Gasteiger partial charge in [0, 0.05) is 37.9 Å². The Balaban J connectivity index is 2.03. The highest BCUT2D eigenvalue weighted by atomic mass is 19.4. The number of amides is 1. The lowest BCUT2D eigenvalue weighted by Crippen LogP contribution is -2.54. The van der Waals surface area contributed by atoms with Crippen molar-refractivity contribution in [2.24, 2.45) is 0 Å². The van der Waals surface area contributed by atoms with Gasteiger partial charge in [0.25, 0.3) is 0 Å². The highest BCUT2D eigenvalue weighted by Crippen LogP contribution is 2.38. The molecule has 2 rings (SSSR count). The lowest BCUT2D eigenvalue weighted by Gasteiger charge is -2.39. The first-order chi connectivity index (χ1) is 10.7. The summed E-state index contributed by atoms with van der Waals surface area (Å²) in [5, 5.41) is 13.6. The summed E-state index contributed by atoms with van der Waals surface area (Å²) < 4.78 is 43.5. The zero-order valence-corrected chi connectivity index (χ0v) is 13.2. The molecule has 0 aliphatic carbocycles. The molecule has 0 spiro atoms. The number of likely N-dealkylation sites (tertiary alicyclic amines) is 1. The van der Waals surface area contributed by atoms with Crippen LogP contribution in [-0.2, 0) is 24.1 Å². The van der Waals surface area contributed by atoms with Gasteiger partial charge >= 0.3 is 6.18 Å². The number of aryl methyl sites for hydroxylation is 2. The lowest BCUT2D eigenvalue weighted by atomic mass is 9.90. The summed E-state index contributed by atoms with van der Waals surface area (Å²) in [7, 11) is 0. The van der Waals surface area contributed by atoms with Crippen molar-refractivity contribution in [2.75, 3.05) is 13.1 Å². The van der Waals surface area contributed by atoms with Gasteiger partial charge in [-0.1, -0.05) is 19.0 Å². The standard InChI is InChI=1S/C15H21F3N2O3/c1-3-11-10(12(4-2)23-19-11)9-13(21)20-7-5-14(22,6-8-20)15(16,17)18/h22H,3-9H2,1-2H3. The van der Waals surface area contributed by atoms with E-state index in [1.54, 1.807) is 0 Å². The third kappa shape index (κ3) is 3.52. The highest BCUT2D eigenvalue weighted by molar-refractivity contribution is 5.79. The average molecular weight is 334 g/mol. The van der Waals surface area contributed by atoms with Crippen LogP contribution in [0.3, 0.4) is 0 Å². The number of carbonyl (C=O) groups excluding carboxylic acids is 1. The summed E-state index contributed by atoms with van der Waals surface area (Å²) in [6, 6.07) is 0. The number of piperidine rings is 1. The maximum Gasteiger partial charge on any atom is 0.417 e. The van der Waals surface area contributed by atoms with Crippen LogP contribution in [0.2, 0.25) is 0 Å². The molecule has 130 valence electrons. The summed E-state index contributed by atoms with van der Waals surface area (Å²) in [6.07, 6.45) is -4.36. The van der Waals surface area contributed by atoms with Gasteiger partial charge in [-0.05, 0) is 6.42 Å². The largest absolute Gasteiger partial charge is 0.417 e. The van der Waals surface area contributed by atoms with E-state index in [4.69, 9.17) is 4.52 Å². The van der Waals surface area contributed by atoms with Crippen LogP contribution in [0.5, 0.6) is 0 Å². The fourth-order valence-electron chi connectivity index (χ4n) is 2.81. The number of carbonyl (C=O) groups is 1. The fraction of sp³-hybridized carbons (Fsp3) is 0.733. The molecule has 0 saturated carbocycles. The Kier molecular flexibility index (Phi) is 5.03. The molecule has 0 radical (unpaired) electrons. The fourth-order valence-corrected chi connectivity index (χ4v) is 2.81. The van der Waals surface area contributed by atoms with Crippen molar-refractivity contribution in [2.45, 2.75) is 57.7 Å². The number of alkyl halides is 3. The maximum atomic E-state index is 12.8. The Bertz CT molecular complexity index is 539. The molecule has 0 atom stereocenters. The van der Waals surface area contributed by atoms with Crippen molar-refractivity contribution in [1.29, 1.82) is 0 Å². The summed E-state index contributed by atoms with van der Waals surface area (Å²) >= 11 is 0. The highest BCUT2D eigenvalue weighted by Gasteiger charge is 2.54. The topological polar surface area (TPSA) is 66.6 Å². The van der Waals surface area contributed by atoms with Crippen LogP contribution in [0.4, 0.5) is 13.2 Å². The van der Waals surface area contributed by atoms with E-state index in [-0.39, 0.29) is 25.4 Å². The van der Waals surface area contributed by atoms with E-state index >= 15 is 0 Å². The van der Waals surface area contributed by atoms with Gasteiger partial charge in [0.05, 0.1) is 12.1 Å². The maximum absolute atomic E-state index is 12.8. The second kappa shape index (κ2) is 6.51. The molecule has 1 aromatic heterocycles. The van der Waals surface area contributed by atoms with Crippen molar-refractivity contribution >= 4 is 5.91 Å². The van der Waals surface area contributed by atoms with Crippen molar-refractivity contribution < 1.29 is 27.6 Å². The number of aromatic nitrogens is 1. The first kappa shape index (κ1) is 17.8. The minimum Gasteiger partial charge on any atom is -0.380 e. The summed E-state index contributed by atoms with van der Waals surface area (Å²) in [5.74, 6) is 0.376. The molecule has 0 aromatic carbocycles. The first-order valence-corrected chi connectivity index (χ1v) is 7.75. The van der Waals surface area contributed by atoms with Gasteiger partial charge in [-0.15, -0.1) is 0 Å². The number of nitrogens with zero attached hydrogens (tertiary/aromatic N) is 2. The van der Waals surface area contributed by atoms with Crippen LogP contribution in [0.1, 0.15) is 43.7 Å². The van der Waals surface area contributed by atoms with Gasteiger partial charge in [0.2, 0.25) is 5.91 Å². The van der Waals surface area contributed by atoms with E-state index in [1.807, 2.05) is 13.8 Å². The molecular formula is C15H21F3N2O3. The molecule has 8 heteroatoms. The van der Waals surface area contributed by atoms with Crippen LogP contribution >= 0.6 is 0 Å². The van der Waals surface area contributed by atoms with Crippen LogP contribution in [0, 0.1) is 0 Å². The van der Waals surface area contributed by atoms with Gasteiger partial charge in [-0.25, -0.2) is 0 Å². The molecule has 1 aliphatic rings. The van der Waals surface area contributed by atoms with Crippen molar-refractivity contribution in [1.82, 2.24) is 10.1 Å². The Morgan fingerprint density at radius 2 is 1.91 bits per heavy atom. The monoisotopic (exact) mass is 334 g/mol. The lowest BCUT2D eigenvalue weighted by molar-refractivity contribution is -0.272. The Hall–Kier alpha value is -1.57. The van der Waals surface area contributed by atoms with E-state index in [1.165, 1.54) is 4.90 Å². The normalized spacial score (nSPS) is 18.3. The second-order valence-electron chi connectivity index (χ2n) is 5.83. The van der Waals surface area contributed by atoms with E-state index in [0.717, 1.165) is 5.56 Å². The molecule has 0 unspecified atom stereocenters. The van der Waals surface area contributed by atoms with E-state index in [2.05, 4.69) is 5.16 Å². The van der Waals surface area contributed by atoms with Crippen molar-refractivity contribution in [3.63, 3.8) is 0 Å². The third-order valence-electron chi connectivity index (χ3n) is 4.41. The molecule has 1 N–H and O–H groups in total. The molecule has 1 fully saturated rings. The SMILES string of the molecule is CCc1noc(CC)c1CC(=O)N1CCC(O)(C(F)(F)F)CC1. The molecule has 0 bridgehead atoms. The van der Waals surface area contributed by atoms with Gasteiger partial charge in [0.15, 0.2) is 5.60 Å². The quantitative estimate of drug-likeness (QED) is 0.917. The van der Waals surface area contributed by atoms with Gasteiger partial charge in [-0.3, -0.25) is 4.79 Å². The zero-order valence-electron chi connectivity index (χ0n) is 13.2. The van der Waals surface area contributed by atoms with Crippen molar-refractivity contribution in [3.05, 3.63) is 17.0 Å². The van der Waals surface area contributed by atoms with Crippen LogP contribution in [0.25, 0.3) is 0 Å². The molecule has 1 saturated heterocycles. The Labute approximate surface area is 132 Å². The molecular weight excluding hydrogens is 313 g/mol.